The minimum absolute atomic E-state index is 0.0693. The largest absolute Gasteiger partial charge is 0.475 e. The number of methoxy groups -OCH3 is 1. The van der Waals surface area contributed by atoms with Crippen LogP contribution in [-0.4, -0.2) is 60.8 Å². The van der Waals surface area contributed by atoms with Gasteiger partial charge in [0.05, 0.1) is 18.5 Å². The van der Waals surface area contributed by atoms with E-state index in [1.165, 1.54) is 0 Å². The molecule has 1 saturated heterocycles. The predicted molar refractivity (Wildman–Crippen MR) is 79.5 cm³/mol. The summed E-state index contributed by atoms with van der Waals surface area (Å²) in [6, 6.07) is 3.45. The number of anilines is 1. The smallest absolute Gasteiger partial charge is 0.321 e. The van der Waals surface area contributed by atoms with Crippen molar-refractivity contribution in [2.24, 2.45) is 0 Å². The van der Waals surface area contributed by atoms with E-state index in [1.54, 1.807) is 25.4 Å². The Morgan fingerprint density at radius 3 is 2.85 bits per heavy atom. The number of carbonyl (C=O) groups is 1. The third-order valence-corrected chi connectivity index (χ3v) is 3.77. The van der Waals surface area contributed by atoms with E-state index in [1.807, 2.05) is 16.7 Å². The molecule has 1 aliphatic heterocycles. The normalized spacial score (nSPS) is 14.9. The zero-order valence-corrected chi connectivity index (χ0v) is 12.3. The molecule has 0 radical (unpaired) electrons. The van der Waals surface area contributed by atoms with Crippen molar-refractivity contribution in [3.63, 3.8) is 0 Å². The summed E-state index contributed by atoms with van der Waals surface area (Å²) in [6.45, 7) is 2.57. The lowest BCUT2D eigenvalue weighted by atomic mass is 10.4. The lowest BCUT2D eigenvalue weighted by Gasteiger charge is -2.26. The number of ether oxygens (including phenoxy) is 2. The Balaban J connectivity index is 1.81. The van der Waals surface area contributed by atoms with Crippen molar-refractivity contribution in [1.29, 1.82) is 0 Å². The summed E-state index contributed by atoms with van der Waals surface area (Å²) in [5.74, 6) is 2.52. The highest BCUT2D eigenvalue weighted by atomic mass is 32.2. The van der Waals surface area contributed by atoms with E-state index in [2.05, 4.69) is 10.3 Å². The summed E-state index contributed by atoms with van der Waals surface area (Å²) < 4.78 is 10.3. The molecule has 1 aromatic rings. The van der Waals surface area contributed by atoms with Gasteiger partial charge in [0, 0.05) is 37.8 Å². The quantitative estimate of drug-likeness (QED) is 0.838. The van der Waals surface area contributed by atoms with Crippen molar-refractivity contribution in [1.82, 2.24) is 9.88 Å². The van der Waals surface area contributed by atoms with Gasteiger partial charge >= 0.3 is 6.03 Å². The monoisotopic (exact) mass is 297 g/mol. The van der Waals surface area contributed by atoms with Gasteiger partial charge in [-0.1, -0.05) is 0 Å². The van der Waals surface area contributed by atoms with E-state index in [4.69, 9.17) is 9.47 Å². The number of amides is 2. The molecule has 0 aromatic carbocycles. The summed E-state index contributed by atoms with van der Waals surface area (Å²) in [5.41, 5.74) is 0.673. The predicted octanol–water partition coefficient (Wildman–Crippen LogP) is 1.69. The molecule has 1 aliphatic rings. The molecule has 2 rings (SSSR count). The Hall–Kier alpha value is -1.47. The summed E-state index contributed by atoms with van der Waals surface area (Å²) in [6.07, 6.45) is 1.60. The van der Waals surface area contributed by atoms with Gasteiger partial charge in [0.2, 0.25) is 5.88 Å². The highest BCUT2D eigenvalue weighted by Gasteiger charge is 2.16. The number of nitrogens with zero attached hydrogens (tertiary/aromatic N) is 2. The maximum atomic E-state index is 12.0. The summed E-state index contributed by atoms with van der Waals surface area (Å²) in [5, 5.41) is 2.84. The fraction of sp³-hybridized carbons (Fsp3) is 0.538. The van der Waals surface area contributed by atoms with Crippen molar-refractivity contribution in [3.8, 4) is 5.88 Å². The molecule has 0 spiro atoms. The summed E-state index contributed by atoms with van der Waals surface area (Å²) in [4.78, 5) is 17.9. The first-order valence-electron chi connectivity index (χ1n) is 6.51. The zero-order valence-electron chi connectivity index (χ0n) is 11.5. The molecule has 0 unspecified atom stereocenters. The molecule has 1 N–H and O–H groups in total. The number of thioether (sulfide) groups is 1. The fourth-order valence-corrected chi connectivity index (χ4v) is 2.64. The molecule has 0 saturated carbocycles. The Bertz CT molecular complexity index is 421. The third kappa shape index (κ3) is 4.57. The topological polar surface area (TPSA) is 63.7 Å². The number of pyridine rings is 1. The van der Waals surface area contributed by atoms with Gasteiger partial charge in [0.15, 0.2) is 0 Å². The van der Waals surface area contributed by atoms with E-state index < -0.39 is 0 Å². The molecule has 1 aromatic heterocycles. The van der Waals surface area contributed by atoms with E-state index in [0.29, 0.717) is 24.8 Å². The minimum Gasteiger partial charge on any atom is -0.475 e. The number of hydrogen-bond acceptors (Lipinski definition) is 5. The summed E-state index contributed by atoms with van der Waals surface area (Å²) >= 11 is 1.87. The van der Waals surface area contributed by atoms with Crippen LogP contribution in [0.25, 0.3) is 0 Å². The fourth-order valence-electron chi connectivity index (χ4n) is 1.74. The van der Waals surface area contributed by atoms with Crippen LogP contribution in [0.5, 0.6) is 5.88 Å². The van der Waals surface area contributed by atoms with Crippen LogP contribution in [0.4, 0.5) is 10.5 Å². The molecular formula is C13H19N3O3S. The molecule has 0 atom stereocenters. The Kier molecular flexibility index (Phi) is 5.94. The zero-order chi connectivity index (χ0) is 14.2. The van der Waals surface area contributed by atoms with Crippen LogP contribution < -0.4 is 10.1 Å². The second-order valence-electron chi connectivity index (χ2n) is 4.26. The van der Waals surface area contributed by atoms with Crippen LogP contribution in [0, 0.1) is 0 Å². The number of hydrogen-bond donors (Lipinski definition) is 1. The second kappa shape index (κ2) is 7.96. The lowest BCUT2D eigenvalue weighted by molar-refractivity contribution is 0.144. The van der Waals surface area contributed by atoms with E-state index in [0.717, 1.165) is 24.6 Å². The first kappa shape index (κ1) is 14.9. The number of nitrogens with one attached hydrogen (secondary N) is 1. The van der Waals surface area contributed by atoms with Gasteiger partial charge in [-0.3, -0.25) is 0 Å². The molecule has 0 aliphatic carbocycles. The van der Waals surface area contributed by atoms with E-state index in [-0.39, 0.29) is 6.03 Å². The highest BCUT2D eigenvalue weighted by molar-refractivity contribution is 7.99. The van der Waals surface area contributed by atoms with Crippen molar-refractivity contribution in [2.75, 3.05) is 50.2 Å². The number of urea groups is 1. The standard InChI is InChI=1S/C13H19N3O3S/c1-18-6-7-19-12-3-2-11(10-14-12)15-13(17)16-4-8-20-9-5-16/h2-3,10H,4-9H2,1H3,(H,15,17). The number of carbonyl (C=O) groups excluding carboxylic acids is 1. The molecule has 2 amide bonds. The molecule has 1 fully saturated rings. The van der Waals surface area contributed by atoms with Crippen LogP contribution in [0.2, 0.25) is 0 Å². The minimum atomic E-state index is -0.0693. The van der Waals surface area contributed by atoms with Gasteiger partial charge in [-0.05, 0) is 6.07 Å². The third-order valence-electron chi connectivity index (χ3n) is 2.82. The maximum Gasteiger partial charge on any atom is 0.321 e. The molecule has 6 nitrogen and oxygen atoms in total. The van der Waals surface area contributed by atoms with Gasteiger partial charge in [0.25, 0.3) is 0 Å². The molecule has 110 valence electrons. The Morgan fingerprint density at radius 2 is 2.20 bits per heavy atom. The van der Waals surface area contributed by atoms with Crippen LogP contribution >= 0.6 is 11.8 Å². The van der Waals surface area contributed by atoms with E-state index in [9.17, 15) is 4.79 Å². The van der Waals surface area contributed by atoms with Gasteiger partial charge in [-0.15, -0.1) is 0 Å². The molecular weight excluding hydrogens is 278 g/mol. The van der Waals surface area contributed by atoms with Crippen LogP contribution in [0.15, 0.2) is 18.3 Å². The SMILES string of the molecule is COCCOc1ccc(NC(=O)N2CCSCC2)cn1. The van der Waals surface area contributed by atoms with Crippen molar-refractivity contribution < 1.29 is 14.3 Å². The van der Waals surface area contributed by atoms with E-state index >= 15 is 0 Å². The van der Waals surface area contributed by atoms with Gasteiger partial charge < -0.3 is 19.7 Å². The Morgan fingerprint density at radius 1 is 1.40 bits per heavy atom. The Labute approximate surface area is 122 Å². The number of aromatic nitrogens is 1. The number of rotatable bonds is 5. The van der Waals surface area contributed by atoms with Gasteiger partial charge in [-0.2, -0.15) is 11.8 Å². The van der Waals surface area contributed by atoms with Crippen molar-refractivity contribution in [3.05, 3.63) is 18.3 Å². The second-order valence-corrected chi connectivity index (χ2v) is 5.48. The first-order valence-corrected chi connectivity index (χ1v) is 7.66. The van der Waals surface area contributed by atoms with Crippen LogP contribution in [0.1, 0.15) is 0 Å². The van der Waals surface area contributed by atoms with Gasteiger partial charge in [0.1, 0.15) is 6.61 Å². The molecule has 20 heavy (non-hydrogen) atoms. The van der Waals surface area contributed by atoms with Crippen LogP contribution in [-0.2, 0) is 4.74 Å². The maximum absolute atomic E-state index is 12.0. The average molecular weight is 297 g/mol. The highest BCUT2D eigenvalue weighted by Crippen LogP contribution is 2.14. The van der Waals surface area contributed by atoms with Crippen LogP contribution in [0.3, 0.4) is 0 Å². The first-order chi connectivity index (χ1) is 9.79. The molecule has 0 bridgehead atoms. The lowest BCUT2D eigenvalue weighted by Crippen LogP contribution is -2.40. The van der Waals surface area contributed by atoms with Crippen molar-refractivity contribution >= 4 is 23.5 Å². The summed E-state index contributed by atoms with van der Waals surface area (Å²) in [7, 11) is 1.62. The van der Waals surface area contributed by atoms with Crippen molar-refractivity contribution in [2.45, 2.75) is 0 Å². The molecule has 7 heteroatoms. The molecule has 2 heterocycles. The van der Waals surface area contributed by atoms with Gasteiger partial charge in [-0.25, -0.2) is 9.78 Å². The average Bonchev–Trinajstić information content (AvgIpc) is 2.50.